The number of carbonyl (C=O) groups is 2. The van der Waals surface area contributed by atoms with Gasteiger partial charge in [-0.05, 0) is 37.0 Å². The molecule has 146 valence electrons. The molecular formula is C21H27NO4S. The Balaban J connectivity index is 2.44. The van der Waals surface area contributed by atoms with Crippen LogP contribution in [0.4, 0.5) is 5.00 Å². The molecular weight excluding hydrogens is 362 g/mol. The standard InChI is InChI=1S/C21H27NO4S/c1-7-26-15-10-8-14(9-11-15)17-13(2)27-19(18(17)20(24)25-6)22-16(23)12-21(3,4)5/h8-11H,7,12H2,1-6H3,(H,22,23). The Labute approximate surface area is 164 Å². The fourth-order valence-corrected chi connectivity index (χ4v) is 3.89. The molecule has 1 aromatic heterocycles. The molecule has 0 radical (unpaired) electrons. The lowest BCUT2D eigenvalue weighted by molar-refractivity contribution is -0.117. The number of methoxy groups -OCH3 is 1. The second-order valence-electron chi connectivity index (χ2n) is 7.47. The van der Waals surface area contributed by atoms with E-state index in [1.165, 1.54) is 18.4 Å². The maximum absolute atomic E-state index is 12.5. The number of esters is 1. The molecule has 0 fully saturated rings. The van der Waals surface area contributed by atoms with Crippen LogP contribution in [0.1, 0.15) is 49.4 Å². The third-order valence-corrected chi connectivity index (χ3v) is 4.89. The first kappa shape index (κ1) is 21.0. The topological polar surface area (TPSA) is 64.6 Å². The first-order valence-electron chi connectivity index (χ1n) is 8.91. The fraction of sp³-hybridized carbons (Fsp3) is 0.429. The highest BCUT2D eigenvalue weighted by atomic mass is 32.1. The lowest BCUT2D eigenvalue weighted by atomic mass is 9.92. The third kappa shape index (κ3) is 5.32. The van der Waals surface area contributed by atoms with Crippen molar-refractivity contribution in [1.82, 2.24) is 0 Å². The monoisotopic (exact) mass is 389 g/mol. The van der Waals surface area contributed by atoms with E-state index in [0.717, 1.165) is 21.8 Å². The second kappa shape index (κ2) is 8.57. The first-order chi connectivity index (χ1) is 12.7. The van der Waals surface area contributed by atoms with Crippen LogP contribution in [-0.2, 0) is 9.53 Å². The number of ether oxygens (including phenoxy) is 2. The van der Waals surface area contributed by atoms with Crippen LogP contribution in [0.2, 0.25) is 0 Å². The molecule has 0 aliphatic rings. The van der Waals surface area contributed by atoms with E-state index in [4.69, 9.17) is 9.47 Å². The Bertz CT molecular complexity index is 816. The quantitative estimate of drug-likeness (QED) is 0.682. The van der Waals surface area contributed by atoms with Crippen LogP contribution < -0.4 is 10.1 Å². The average molecular weight is 390 g/mol. The number of amides is 1. The van der Waals surface area contributed by atoms with Crippen molar-refractivity contribution >= 4 is 28.2 Å². The van der Waals surface area contributed by atoms with Gasteiger partial charge in [0.1, 0.15) is 16.3 Å². The Kier molecular flexibility index (Phi) is 6.65. The van der Waals surface area contributed by atoms with E-state index in [1.54, 1.807) is 0 Å². The summed E-state index contributed by atoms with van der Waals surface area (Å²) < 4.78 is 10.5. The number of hydrogen-bond acceptors (Lipinski definition) is 5. The van der Waals surface area contributed by atoms with Gasteiger partial charge in [0.25, 0.3) is 0 Å². The Morgan fingerprint density at radius 3 is 2.30 bits per heavy atom. The number of anilines is 1. The molecule has 27 heavy (non-hydrogen) atoms. The van der Waals surface area contributed by atoms with Crippen molar-refractivity contribution in [2.45, 2.75) is 41.0 Å². The lowest BCUT2D eigenvalue weighted by Gasteiger charge is -2.17. The summed E-state index contributed by atoms with van der Waals surface area (Å²) in [5, 5.41) is 3.42. The van der Waals surface area contributed by atoms with Crippen LogP contribution in [0.5, 0.6) is 5.75 Å². The molecule has 0 aliphatic carbocycles. The van der Waals surface area contributed by atoms with Crippen LogP contribution >= 0.6 is 11.3 Å². The van der Waals surface area contributed by atoms with Gasteiger partial charge in [0, 0.05) is 16.9 Å². The number of thiophene rings is 1. The number of rotatable bonds is 6. The summed E-state index contributed by atoms with van der Waals surface area (Å²) in [6, 6.07) is 7.56. The van der Waals surface area contributed by atoms with E-state index in [-0.39, 0.29) is 11.3 Å². The molecule has 2 rings (SSSR count). The molecule has 0 aliphatic heterocycles. The van der Waals surface area contributed by atoms with Crippen LogP contribution in [0.15, 0.2) is 24.3 Å². The molecule has 1 N–H and O–H groups in total. The van der Waals surface area contributed by atoms with Crippen molar-refractivity contribution in [2.75, 3.05) is 19.0 Å². The zero-order valence-corrected chi connectivity index (χ0v) is 17.6. The third-order valence-electron chi connectivity index (χ3n) is 3.87. The Morgan fingerprint density at radius 1 is 1.15 bits per heavy atom. The van der Waals surface area contributed by atoms with Gasteiger partial charge in [0.15, 0.2) is 0 Å². The second-order valence-corrected chi connectivity index (χ2v) is 8.70. The Hall–Kier alpha value is -2.34. The normalized spacial score (nSPS) is 11.2. The van der Waals surface area contributed by atoms with Crippen molar-refractivity contribution < 1.29 is 19.1 Å². The summed E-state index contributed by atoms with van der Waals surface area (Å²) in [6.07, 6.45) is 0.364. The van der Waals surface area contributed by atoms with Gasteiger partial charge in [-0.15, -0.1) is 11.3 Å². The molecule has 0 atom stereocenters. The van der Waals surface area contributed by atoms with Crippen LogP contribution in [0, 0.1) is 12.3 Å². The molecule has 1 heterocycles. The largest absolute Gasteiger partial charge is 0.494 e. The summed E-state index contributed by atoms with van der Waals surface area (Å²) in [6.45, 7) is 10.5. The SMILES string of the molecule is CCOc1ccc(-c2c(C)sc(NC(=O)CC(C)(C)C)c2C(=O)OC)cc1. The van der Waals surface area contributed by atoms with Crippen LogP contribution in [-0.4, -0.2) is 25.6 Å². The molecule has 5 nitrogen and oxygen atoms in total. The maximum atomic E-state index is 12.5. The van der Waals surface area contributed by atoms with Crippen LogP contribution in [0.3, 0.4) is 0 Å². The van der Waals surface area contributed by atoms with Gasteiger partial charge in [-0.3, -0.25) is 4.79 Å². The highest BCUT2D eigenvalue weighted by molar-refractivity contribution is 7.17. The minimum atomic E-state index is -0.464. The summed E-state index contributed by atoms with van der Waals surface area (Å²) in [4.78, 5) is 25.8. The van der Waals surface area contributed by atoms with Crippen molar-refractivity contribution in [3.8, 4) is 16.9 Å². The molecule has 1 aromatic carbocycles. The molecule has 0 saturated heterocycles. The molecule has 0 unspecified atom stereocenters. The van der Waals surface area contributed by atoms with Gasteiger partial charge < -0.3 is 14.8 Å². The molecule has 1 amide bonds. The van der Waals surface area contributed by atoms with Crippen molar-refractivity contribution in [3.63, 3.8) is 0 Å². The summed E-state index contributed by atoms with van der Waals surface area (Å²) >= 11 is 1.38. The first-order valence-corrected chi connectivity index (χ1v) is 9.72. The number of carbonyl (C=O) groups excluding carboxylic acids is 2. The fourth-order valence-electron chi connectivity index (χ4n) is 2.81. The molecule has 6 heteroatoms. The predicted octanol–water partition coefficient (Wildman–Crippen LogP) is 5.28. The minimum Gasteiger partial charge on any atom is -0.494 e. The zero-order valence-electron chi connectivity index (χ0n) is 16.8. The van der Waals surface area contributed by atoms with E-state index >= 15 is 0 Å². The summed E-state index contributed by atoms with van der Waals surface area (Å²) in [7, 11) is 1.35. The van der Waals surface area contributed by atoms with E-state index in [9.17, 15) is 9.59 Å². The number of benzene rings is 1. The van der Waals surface area contributed by atoms with E-state index in [1.807, 2.05) is 58.9 Å². The number of nitrogens with one attached hydrogen (secondary N) is 1. The molecule has 0 saturated carbocycles. The zero-order chi connectivity index (χ0) is 20.2. The maximum Gasteiger partial charge on any atom is 0.341 e. The van der Waals surface area contributed by atoms with Crippen molar-refractivity contribution in [2.24, 2.45) is 5.41 Å². The van der Waals surface area contributed by atoms with Gasteiger partial charge in [0.05, 0.1) is 13.7 Å². The van der Waals surface area contributed by atoms with E-state index < -0.39 is 5.97 Å². The minimum absolute atomic E-state index is 0.118. The van der Waals surface area contributed by atoms with Crippen molar-refractivity contribution in [3.05, 3.63) is 34.7 Å². The van der Waals surface area contributed by atoms with Gasteiger partial charge in [-0.2, -0.15) is 0 Å². The van der Waals surface area contributed by atoms with Crippen molar-refractivity contribution in [1.29, 1.82) is 0 Å². The molecule has 0 spiro atoms. The van der Waals surface area contributed by atoms with E-state index in [0.29, 0.717) is 23.6 Å². The van der Waals surface area contributed by atoms with E-state index in [2.05, 4.69) is 5.32 Å². The smallest absolute Gasteiger partial charge is 0.341 e. The number of hydrogen-bond donors (Lipinski definition) is 1. The highest BCUT2D eigenvalue weighted by Crippen LogP contribution is 2.41. The van der Waals surface area contributed by atoms with Gasteiger partial charge >= 0.3 is 5.97 Å². The lowest BCUT2D eigenvalue weighted by Crippen LogP contribution is -2.20. The predicted molar refractivity (Wildman–Crippen MR) is 110 cm³/mol. The molecule has 0 bridgehead atoms. The average Bonchev–Trinajstić information content (AvgIpc) is 2.89. The molecule has 2 aromatic rings. The van der Waals surface area contributed by atoms with Gasteiger partial charge in [0.2, 0.25) is 5.91 Å². The summed E-state index contributed by atoms with van der Waals surface area (Å²) in [5.41, 5.74) is 1.91. The highest BCUT2D eigenvalue weighted by Gasteiger charge is 2.26. The number of aryl methyl sites for hydroxylation is 1. The van der Waals surface area contributed by atoms with Gasteiger partial charge in [-0.25, -0.2) is 4.79 Å². The van der Waals surface area contributed by atoms with Gasteiger partial charge in [-0.1, -0.05) is 32.9 Å². The van der Waals surface area contributed by atoms with Crippen LogP contribution in [0.25, 0.3) is 11.1 Å². The summed E-state index contributed by atoms with van der Waals surface area (Å²) in [5.74, 6) is 0.189. The Morgan fingerprint density at radius 2 is 1.78 bits per heavy atom.